The highest BCUT2D eigenvalue weighted by Gasteiger charge is 2.15. The van der Waals surface area contributed by atoms with E-state index in [-0.39, 0.29) is 12.5 Å². The molecule has 1 fully saturated rings. The van der Waals surface area contributed by atoms with E-state index in [1.807, 2.05) is 7.05 Å². The minimum Gasteiger partial charge on any atom is -0.381 e. The number of hydrogen-bond acceptors (Lipinski definition) is 3. The first kappa shape index (κ1) is 11.5. The second-order valence-electron chi connectivity index (χ2n) is 3.86. The van der Waals surface area contributed by atoms with Gasteiger partial charge in [0.05, 0.1) is 6.54 Å². The number of amides is 1. The van der Waals surface area contributed by atoms with Gasteiger partial charge in [0.2, 0.25) is 5.91 Å². The second kappa shape index (κ2) is 5.98. The van der Waals surface area contributed by atoms with E-state index in [1.54, 1.807) is 4.90 Å². The molecule has 2 N–H and O–H groups in total. The lowest BCUT2D eigenvalue weighted by Gasteiger charge is -2.24. The zero-order valence-electron chi connectivity index (χ0n) is 8.87. The van der Waals surface area contributed by atoms with Gasteiger partial charge >= 0.3 is 0 Å². The van der Waals surface area contributed by atoms with Crippen molar-refractivity contribution in [1.82, 2.24) is 4.90 Å². The van der Waals surface area contributed by atoms with E-state index in [2.05, 4.69) is 0 Å². The van der Waals surface area contributed by atoms with Crippen LogP contribution in [0.15, 0.2) is 0 Å². The Morgan fingerprint density at radius 2 is 2.14 bits per heavy atom. The number of carbonyl (C=O) groups is 1. The molecule has 4 nitrogen and oxygen atoms in total. The van der Waals surface area contributed by atoms with E-state index in [0.29, 0.717) is 0 Å². The first-order valence-electron chi connectivity index (χ1n) is 5.26. The molecule has 14 heavy (non-hydrogen) atoms. The first-order chi connectivity index (χ1) is 6.74. The lowest BCUT2D eigenvalue weighted by molar-refractivity contribution is -0.128. The quantitative estimate of drug-likeness (QED) is 0.706. The lowest BCUT2D eigenvalue weighted by Crippen LogP contribution is -2.34. The molecule has 1 saturated heterocycles. The minimum atomic E-state index is 0.0251. The molecule has 0 spiro atoms. The number of ether oxygens (including phenoxy) is 1. The van der Waals surface area contributed by atoms with Gasteiger partial charge in [0, 0.05) is 26.8 Å². The van der Waals surface area contributed by atoms with Gasteiger partial charge in [-0.05, 0) is 25.2 Å². The van der Waals surface area contributed by atoms with Crippen molar-refractivity contribution in [2.45, 2.75) is 19.3 Å². The minimum absolute atomic E-state index is 0.0251. The Morgan fingerprint density at radius 1 is 1.50 bits per heavy atom. The van der Waals surface area contributed by atoms with Gasteiger partial charge in [-0.15, -0.1) is 0 Å². The molecule has 0 radical (unpaired) electrons. The van der Waals surface area contributed by atoms with Gasteiger partial charge in [0.1, 0.15) is 0 Å². The van der Waals surface area contributed by atoms with Crippen LogP contribution in [-0.2, 0) is 9.53 Å². The largest absolute Gasteiger partial charge is 0.381 e. The van der Waals surface area contributed by atoms with Crippen LogP contribution in [0.5, 0.6) is 0 Å². The third-order valence-corrected chi connectivity index (χ3v) is 2.81. The van der Waals surface area contributed by atoms with Crippen molar-refractivity contribution in [2.24, 2.45) is 11.7 Å². The predicted octanol–water partition coefficient (Wildman–Crippen LogP) is 0.220. The Morgan fingerprint density at radius 3 is 2.71 bits per heavy atom. The number of hydrogen-bond donors (Lipinski definition) is 1. The molecule has 4 heteroatoms. The van der Waals surface area contributed by atoms with Crippen LogP contribution in [0.3, 0.4) is 0 Å². The molecule has 0 aromatic rings. The number of likely N-dealkylation sites (N-methyl/N-ethyl adjacent to an activating group) is 1. The zero-order valence-corrected chi connectivity index (χ0v) is 8.87. The molecule has 0 aromatic carbocycles. The van der Waals surface area contributed by atoms with Crippen LogP contribution in [0.25, 0.3) is 0 Å². The fourth-order valence-corrected chi connectivity index (χ4v) is 1.69. The molecule has 1 heterocycles. The van der Waals surface area contributed by atoms with Gasteiger partial charge in [-0.1, -0.05) is 0 Å². The van der Waals surface area contributed by atoms with Crippen LogP contribution in [0, 0.1) is 5.92 Å². The molecule has 1 aliphatic heterocycles. The molecule has 0 aliphatic carbocycles. The smallest absolute Gasteiger partial charge is 0.236 e. The summed E-state index contributed by atoms with van der Waals surface area (Å²) < 4.78 is 5.27. The number of nitrogens with two attached hydrogens (primary N) is 1. The van der Waals surface area contributed by atoms with E-state index >= 15 is 0 Å². The summed E-state index contributed by atoms with van der Waals surface area (Å²) >= 11 is 0. The van der Waals surface area contributed by atoms with E-state index < -0.39 is 0 Å². The topological polar surface area (TPSA) is 55.6 Å². The van der Waals surface area contributed by atoms with Crippen molar-refractivity contribution in [3.8, 4) is 0 Å². The average Bonchev–Trinajstić information content (AvgIpc) is 2.26. The molecule has 0 saturated carbocycles. The first-order valence-corrected chi connectivity index (χ1v) is 5.26. The van der Waals surface area contributed by atoms with E-state index in [1.165, 1.54) is 0 Å². The van der Waals surface area contributed by atoms with Crippen molar-refractivity contribution in [1.29, 1.82) is 0 Å². The van der Waals surface area contributed by atoms with Crippen molar-refractivity contribution in [3.05, 3.63) is 0 Å². The van der Waals surface area contributed by atoms with Crippen LogP contribution in [0.1, 0.15) is 19.3 Å². The third-order valence-electron chi connectivity index (χ3n) is 2.81. The monoisotopic (exact) mass is 200 g/mol. The van der Waals surface area contributed by atoms with Crippen molar-refractivity contribution < 1.29 is 9.53 Å². The summed E-state index contributed by atoms with van der Waals surface area (Å²) in [7, 11) is 1.81. The number of rotatable bonds is 4. The maximum Gasteiger partial charge on any atom is 0.236 e. The molecule has 0 unspecified atom stereocenters. The normalized spacial score (nSPS) is 18.1. The highest BCUT2D eigenvalue weighted by Crippen LogP contribution is 2.18. The van der Waals surface area contributed by atoms with Gasteiger partial charge in [-0.2, -0.15) is 0 Å². The van der Waals surface area contributed by atoms with Gasteiger partial charge in [0.15, 0.2) is 0 Å². The van der Waals surface area contributed by atoms with Crippen molar-refractivity contribution in [3.63, 3.8) is 0 Å². The summed E-state index contributed by atoms with van der Waals surface area (Å²) in [5.41, 5.74) is 5.27. The summed E-state index contributed by atoms with van der Waals surface area (Å²) in [6.45, 7) is 2.68. The van der Waals surface area contributed by atoms with Crippen LogP contribution in [0.4, 0.5) is 0 Å². The standard InChI is InChI=1S/C10H20N2O2/c1-12(10(13)8-11)5-2-9-3-6-14-7-4-9/h9H,2-8,11H2,1H3. The van der Waals surface area contributed by atoms with Crippen LogP contribution in [0.2, 0.25) is 0 Å². The van der Waals surface area contributed by atoms with E-state index in [9.17, 15) is 4.79 Å². The Labute approximate surface area is 85.4 Å². The summed E-state index contributed by atoms with van der Waals surface area (Å²) in [4.78, 5) is 12.9. The molecule has 0 aromatic heterocycles. The van der Waals surface area contributed by atoms with Crippen LogP contribution >= 0.6 is 0 Å². The molecule has 1 rings (SSSR count). The Balaban J connectivity index is 2.15. The molecular formula is C10H20N2O2. The number of nitrogens with zero attached hydrogens (tertiary/aromatic N) is 1. The predicted molar refractivity (Wildman–Crippen MR) is 54.9 cm³/mol. The Bertz CT molecular complexity index is 179. The Kier molecular flexibility index (Phi) is 4.90. The molecule has 82 valence electrons. The molecular weight excluding hydrogens is 180 g/mol. The zero-order chi connectivity index (χ0) is 10.4. The average molecular weight is 200 g/mol. The molecule has 0 atom stereocenters. The Hall–Kier alpha value is -0.610. The van der Waals surface area contributed by atoms with Gasteiger partial charge in [-0.3, -0.25) is 4.79 Å². The van der Waals surface area contributed by atoms with Crippen LogP contribution in [-0.4, -0.2) is 44.2 Å². The van der Waals surface area contributed by atoms with Gasteiger partial charge in [-0.25, -0.2) is 0 Å². The highest BCUT2D eigenvalue weighted by atomic mass is 16.5. The second-order valence-corrected chi connectivity index (χ2v) is 3.86. The number of carbonyl (C=O) groups excluding carboxylic acids is 1. The maximum absolute atomic E-state index is 11.2. The van der Waals surface area contributed by atoms with Gasteiger partial charge < -0.3 is 15.4 Å². The van der Waals surface area contributed by atoms with E-state index in [4.69, 9.17) is 10.5 Å². The SMILES string of the molecule is CN(CCC1CCOCC1)C(=O)CN. The van der Waals surface area contributed by atoms with Gasteiger partial charge in [0.25, 0.3) is 0 Å². The summed E-state index contributed by atoms with van der Waals surface area (Å²) in [6.07, 6.45) is 3.33. The van der Waals surface area contributed by atoms with Crippen molar-refractivity contribution >= 4 is 5.91 Å². The van der Waals surface area contributed by atoms with Crippen LogP contribution < -0.4 is 5.73 Å². The molecule has 1 aliphatic rings. The van der Waals surface area contributed by atoms with Crippen molar-refractivity contribution in [2.75, 3.05) is 33.4 Å². The molecule has 0 bridgehead atoms. The summed E-state index contributed by atoms with van der Waals surface area (Å²) in [5, 5.41) is 0. The lowest BCUT2D eigenvalue weighted by atomic mass is 9.96. The fourth-order valence-electron chi connectivity index (χ4n) is 1.69. The maximum atomic E-state index is 11.2. The van der Waals surface area contributed by atoms with E-state index in [0.717, 1.165) is 44.9 Å². The summed E-state index contributed by atoms with van der Waals surface area (Å²) in [5.74, 6) is 0.744. The third kappa shape index (κ3) is 3.64. The molecule has 1 amide bonds. The fraction of sp³-hybridized carbons (Fsp3) is 0.900. The highest BCUT2D eigenvalue weighted by molar-refractivity contribution is 5.77. The summed E-state index contributed by atoms with van der Waals surface area (Å²) in [6, 6.07) is 0.